The van der Waals surface area contributed by atoms with Crippen LogP contribution in [0.15, 0.2) is 158 Å². The Bertz CT molecular complexity index is 1790. The van der Waals surface area contributed by atoms with E-state index in [4.69, 9.17) is 14.2 Å². The van der Waals surface area contributed by atoms with Crippen LogP contribution in [0.4, 0.5) is 0 Å². The average molecular weight is 1100 g/mol. The molecular formula is C74H118O6. The van der Waals surface area contributed by atoms with Crippen LogP contribution < -0.4 is 0 Å². The molecule has 0 fully saturated rings. The van der Waals surface area contributed by atoms with Gasteiger partial charge in [-0.2, -0.15) is 0 Å². The summed E-state index contributed by atoms with van der Waals surface area (Å²) in [6.45, 7) is 6.36. The number of hydrogen-bond donors (Lipinski definition) is 0. The molecule has 0 amide bonds. The van der Waals surface area contributed by atoms with Crippen molar-refractivity contribution in [3.63, 3.8) is 0 Å². The summed E-state index contributed by atoms with van der Waals surface area (Å²) >= 11 is 0. The number of hydrogen-bond acceptors (Lipinski definition) is 6. The van der Waals surface area contributed by atoms with Gasteiger partial charge in [-0.1, -0.05) is 262 Å². The zero-order chi connectivity index (χ0) is 57.8. The number of unbranched alkanes of at least 4 members (excludes halogenated alkanes) is 20. The highest BCUT2D eigenvalue weighted by Gasteiger charge is 2.19. The molecule has 0 aromatic rings. The molecule has 0 rings (SSSR count). The molecule has 0 spiro atoms. The Hall–Kier alpha value is -4.97. The molecule has 0 bridgehead atoms. The molecular weight excluding hydrogens is 985 g/mol. The minimum Gasteiger partial charge on any atom is -0.462 e. The van der Waals surface area contributed by atoms with E-state index in [2.05, 4.69) is 179 Å². The fourth-order valence-corrected chi connectivity index (χ4v) is 8.44. The van der Waals surface area contributed by atoms with Gasteiger partial charge < -0.3 is 14.2 Å². The molecule has 0 radical (unpaired) electrons. The van der Waals surface area contributed by atoms with E-state index in [1.165, 1.54) is 44.9 Å². The number of allylic oxidation sites excluding steroid dienone is 26. The van der Waals surface area contributed by atoms with Crippen molar-refractivity contribution in [3.05, 3.63) is 158 Å². The van der Waals surface area contributed by atoms with E-state index in [9.17, 15) is 14.4 Å². The van der Waals surface area contributed by atoms with Crippen LogP contribution in [0.1, 0.15) is 271 Å². The molecule has 0 saturated heterocycles. The van der Waals surface area contributed by atoms with Gasteiger partial charge in [0.2, 0.25) is 0 Å². The standard InChI is InChI=1S/C74H118O6/c1-4-7-10-13-16-19-22-25-28-30-32-34-35-36-37-38-39-41-42-44-46-49-52-55-58-61-64-67-73(76)79-70-71(69-78-72(75)66-63-60-57-54-51-48-27-24-21-18-15-12-9-6-3)80-74(77)68-65-62-59-56-53-50-47-45-43-40-33-31-29-26-23-20-17-14-11-8-5-2/h7-8,10-11,16-17,19-20,24-29,32-34,36-37,39-41,44-47,71H,4-6,9,12-15,18,21-23,30-31,35,38,42-43,48-70H2,1-3H3/b10-7-,11-8-,19-16-,20-17-,27-24-,28-25-,29-26-,34-32-,37-36-,40-33-,41-39-,46-44-,47-45-. The summed E-state index contributed by atoms with van der Waals surface area (Å²) in [5.41, 5.74) is 0. The van der Waals surface area contributed by atoms with Gasteiger partial charge in [0.15, 0.2) is 6.10 Å². The van der Waals surface area contributed by atoms with Gasteiger partial charge in [0, 0.05) is 19.3 Å². The van der Waals surface area contributed by atoms with E-state index in [0.29, 0.717) is 19.3 Å². The number of carbonyl (C=O) groups excluding carboxylic acids is 3. The third kappa shape index (κ3) is 63.9. The highest BCUT2D eigenvalue weighted by Crippen LogP contribution is 2.14. The molecule has 0 aliphatic carbocycles. The molecule has 0 aliphatic heterocycles. The summed E-state index contributed by atoms with van der Waals surface area (Å²) in [6.07, 6.45) is 96.7. The van der Waals surface area contributed by atoms with E-state index in [1.54, 1.807) is 0 Å². The van der Waals surface area contributed by atoms with Gasteiger partial charge >= 0.3 is 17.9 Å². The minimum atomic E-state index is -0.810. The van der Waals surface area contributed by atoms with Gasteiger partial charge in [-0.25, -0.2) is 0 Å². The van der Waals surface area contributed by atoms with Crippen molar-refractivity contribution in [1.29, 1.82) is 0 Å². The number of ether oxygens (including phenoxy) is 3. The molecule has 0 aromatic carbocycles. The predicted octanol–water partition coefficient (Wildman–Crippen LogP) is 22.5. The Labute approximate surface area is 492 Å². The quantitative estimate of drug-likeness (QED) is 0.0261. The SMILES string of the molecule is CC/C=C\C/C=C\C/C=C\C/C=C\C/C=C\C/C=C\C/C=C\CCCCCCCC(=O)OCC(COC(=O)CCCCCCC/C=C\CCCCCCC)OC(=O)CCCCCCC/C=C\C/C=C\C/C=C\C/C=C\C/C=C\CC. The Morgan fingerprint density at radius 3 is 0.775 bits per heavy atom. The molecule has 0 aromatic heterocycles. The average Bonchev–Trinajstić information content (AvgIpc) is 3.46. The van der Waals surface area contributed by atoms with Crippen molar-refractivity contribution in [2.75, 3.05) is 13.2 Å². The van der Waals surface area contributed by atoms with Crippen LogP contribution in [-0.2, 0) is 28.6 Å². The molecule has 0 N–H and O–H groups in total. The third-order valence-electron chi connectivity index (χ3n) is 13.2. The normalized spacial score (nSPS) is 13.2. The Morgan fingerprint density at radius 1 is 0.263 bits per heavy atom. The second kappa shape index (κ2) is 66.5. The van der Waals surface area contributed by atoms with E-state index in [1.807, 2.05) is 0 Å². The summed E-state index contributed by atoms with van der Waals surface area (Å²) in [4.78, 5) is 38.4. The third-order valence-corrected chi connectivity index (χ3v) is 13.2. The van der Waals surface area contributed by atoms with E-state index < -0.39 is 6.10 Å². The van der Waals surface area contributed by atoms with Crippen molar-refractivity contribution >= 4 is 17.9 Å². The zero-order valence-electron chi connectivity index (χ0n) is 51.5. The second-order valence-corrected chi connectivity index (χ2v) is 20.9. The first kappa shape index (κ1) is 75.0. The molecule has 6 heteroatoms. The van der Waals surface area contributed by atoms with Crippen molar-refractivity contribution in [1.82, 2.24) is 0 Å². The molecule has 0 heterocycles. The van der Waals surface area contributed by atoms with Crippen LogP contribution >= 0.6 is 0 Å². The first-order chi connectivity index (χ1) is 39.5. The molecule has 1 atom stereocenters. The lowest BCUT2D eigenvalue weighted by Crippen LogP contribution is -2.30. The van der Waals surface area contributed by atoms with Crippen LogP contribution in [0, 0.1) is 0 Å². The van der Waals surface area contributed by atoms with Crippen LogP contribution in [-0.4, -0.2) is 37.2 Å². The number of rotatable bonds is 57. The largest absolute Gasteiger partial charge is 0.462 e. The maximum absolute atomic E-state index is 12.9. The molecule has 1 unspecified atom stereocenters. The van der Waals surface area contributed by atoms with Gasteiger partial charge in [0.1, 0.15) is 13.2 Å². The Kier molecular flexibility index (Phi) is 62.4. The smallest absolute Gasteiger partial charge is 0.306 e. The molecule has 6 nitrogen and oxygen atoms in total. The van der Waals surface area contributed by atoms with Gasteiger partial charge in [0.25, 0.3) is 0 Å². The lowest BCUT2D eigenvalue weighted by molar-refractivity contribution is -0.167. The Balaban J connectivity index is 4.47. The first-order valence-corrected chi connectivity index (χ1v) is 32.5. The summed E-state index contributed by atoms with van der Waals surface area (Å²) in [5.74, 6) is -0.951. The highest BCUT2D eigenvalue weighted by atomic mass is 16.6. The zero-order valence-corrected chi connectivity index (χ0v) is 51.5. The van der Waals surface area contributed by atoms with Crippen LogP contribution in [0.25, 0.3) is 0 Å². The first-order valence-electron chi connectivity index (χ1n) is 32.5. The van der Waals surface area contributed by atoms with Crippen LogP contribution in [0.5, 0.6) is 0 Å². The van der Waals surface area contributed by atoms with E-state index >= 15 is 0 Å². The summed E-state index contributed by atoms with van der Waals surface area (Å²) < 4.78 is 16.9. The Morgan fingerprint density at radius 2 is 0.487 bits per heavy atom. The lowest BCUT2D eigenvalue weighted by atomic mass is 10.1. The van der Waals surface area contributed by atoms with Crippen molar-refractivity contribution < 1.29 is 28.6 Å². The van der Waals surface area contributed by atoms with Crippen LogP contribution in [0.2, 0.25) is 0 Å². The molecule has 80 heavy (non-hydrogen) atoms. The maximum atomic E-state index is 12.9. The van der Waals surface area contributed by atoms with Crippen molar-refractivity contribution in [2.24, 2.45) is 0 Å². The fourth-order valence-electron chi connectivity index (χ4n) is 8.44. The predicted molar refractivity (Wildman–Crippen MR) is 348 cm³/mol. The van der Waals surface area contributed by atoms with E-state index in [0.717, 1.165) is 186 Å². The lowest BCUT2D eigenvalue weighted by Gasteiger charge is -2.18. The summed E-state index contributed by atoms with van der Waals surface area (Å²) in [7, 11) is 0. The fraction of sp³-hybridized carbons (Fsp3) is 0.608. The topological polar surface area (TPSA) is 78.9 Å². The van der Waals surface area contributed by atoms with Crippen molar-refractivity contribution in [3.8, 4) is 0 Å². The van der Waals surface area contributed by atoms with E-state index in [-0.39, 0.29) is 31.1 Å². The minimum absolute atomic E-state index is 0.103. The van der Waals surface area contributed by atoms with Gasteiger partial charge in [-0.15, -0.1) is 0 Å². The highest BCUT2D eigenvalue weighted by molar-refractivity contribution is 5.71. The monoisotopic (exact) mass is 1100 g/mol. The molecule has 0 saturated carbocycles. The maximum Gasteiger partial charge on any atom is 0.306 e. The molecule has 0 aliphatic rings. The van der Waals surface area contributed by atoms with Crippen molar-refractivity contribution in [2.45, 2.75) is 277 Å². The second-order valence-electron chi connectivity index (χ2n) is 20.9. The number of carbonyl (C=O) groups is 3. The summed E-state index contributed by atoms with van der Waals surface area (Å²) in [5, 5.41) is 0. The van der Waals surface area contributed by atoms with Gasteiger partial charge in [0.05, 0.1) is 0 Å². The number of esters is 3. The van der Waals surface area contributed by atoms with Crippen LogP contribution in [0.3, 0.4) is 0 Å². The van der Waals surface area contributed by atoms with Gasteiger partial charge in [-0.05, 0) is 148 Å². The summed E-state index contributed by atoms with van der Waals surface area (Å²) in [6, 6.07) is 0. The molecule has 450 valence electrons. The van der Waals surface area contributed by atoms with Gasteiger partial charge in [-0.3, -0.25) is 14.4 Å².